The molecule has 1 aliphatic carbocycles. The highest BCUT2D eigenvalue weighted by Gasteiger charge is 2.22. The first-order chi connectivity index (χ1) is 8.76. The topological polar surface area (TPSA) is 29.9 Å². The molecule has 18 heavy (non-hydrogen) atoms. The largest absolute Gasteiger partial charge is 0.376 e. The van der Waals surface area contributed by atoms with Crippen LogP contribution in [0.4, 0.5) is 5.69 Å². The fraction of sp³-hybridized carbons (Fsp3) is 0.400. The Bertz CT molecular complexity index is 557. The SMILES string of the molecule is CCn1cc(NC2CCc3ccc(C)cc32)cn1. The van der Waals surface area contributed by atoms with Crippen LogP contribution in [0, 0.1) is 6.92 Å². The fourth-order valence-electron chi connectivity index (χ4n) is 2.68. The van der Waals surface area contributed by atoms with E-state index in [1.165, 1.54) is 29.5 Å². The molecule has 0 saturated heterocycles. The first kappa shape index (κ1) is 11.3. The van der Waals surface area contributed by atoms with E-state index in [0.29, 0.717) is 6.04 Å². The van der Waals surface area contributed by atoms with E-state index in [0.717, 1.165) is 12.2 Å². The predicted molar refractivity (Wildman–Crippen MR) is 73.8 cm³/mol. The molecule has 0 fully saturated rings. The molecule has 3 nitrogen and oxygen atoms in total. The van der Waals surface area contributed by atoms with Gasteiger partial charge in [-0.15, -0.1) is 0 Å². The van der Waals surface area contributed by atoms with Gasteiger partial charge >= 0.3 is 0 Å². The van der Waals surface area contributed by atoms with Crippen molar-refractivity contribution in [3.63, 3.8) is 0 Å². The van der Waals surface area contributed by atoms with Crippen LogP contribution in [0.15, 0.2) is 30.6 Å². The Kier molecular flexibility index (Phi) is 2.82. The van der Waals surface area contributed by atoms with E-state index in [4.69, 9.17) is 0 Å². The second-order valence-electron chi connectivity index (χ2n) is 5.02. The molecule has 1 N–H and O–H groups in total. The summed E-state index contributed by atoms with van der Waals surface area (Å²) in [4.78, 5) is 0. The number of hydrogen-bond donors (Lipinski definition) is 1. The lowest BCUT2D eigenvalue weighted by atomic mass is 10.1. The highest BCUT2D eigenvalue weighted by Crippen LogP contribution is 2.34. The van der Waals surface area contributed by atoms with E-state index in [2.05, 4.69) is 48.7 Å². The average molecular weight is 241 g/mol. The lowest BCUT2D eigenvalue weighted by Crippen LogP contribution is -2.06. The van der Waals surface area contributed by atoms with E-state index in [1.807, 2.05) is 10.9 Å². The molecule has 0 radical (unpaired) electrons. The van der Waals surface area contributed by atoms with Gasteiger partial charge in [-0.25, -0.2) is 0 Å². The van der Waals surface area contributed by atoms with E-state index in [-0.39, 0.29) is 0 Å². The third kappa shape index (κ3) is 2.01. The number of benzene rings is 1. The van der Waals surface area contributed by atoms with Crippen LogP contribution in [0.25, 0.3) is 0 Å². The average Bonchev–Trinajstić information content (AvgIpc) is 2.97. The van der Waals surface area contributed by atoms with Gasteiger partial charge in [0.1, 0.15) is 0 Å². The molecule has 0 aliphatic heterocycles. The molecule has 1 atom stereocenters. The van der Waals surface area contributed by atoms with Gasteiger partial charge in [-0.05, 0) is 37.8 Å². The number of hydrogen-bond acceptors (Lipinski definition) is 2. The number of aromatic nitrogens is 2. The molecule has 1 heterocycles. The zero-order valence-electron chi connectivity index (χ0n) is 11.0. The van der Waals surface area contributed by atoms with Crippen molar-refractivity contribution in [3.8, 4) is 0 Å². The van der Waals surface area contributed by atoms with Gasteiger partial charge in [0.05, 0.1) is 17.9 Å². The molecule has 94 valence electrons. The predicted octanol–water partition coefficient (Wildman–Crippen LogP) is 3.31. The summed E-state index contributed by atoms with van der Waals surface area (Å²) in [6, 6.07) is 7.22. The van der Waals surface area contributed by atoms with Gasteiger partial charge in [-0.3, -0.25) is 4.68 Å². The van der Waals surface area contributed by atoms with Gasteiger partial charge < -0.3 is 5.32 Å². The van der Waals surface area contributed by atoms with E-state index < -0.39 is 0 Å². The van der Waals surface area contributed by atoms with Crippen molar-refractivity contribution in [3.05, 3.63) is 47.3 Å². The van der Waals surface area contributed by atoms with Crippen LogP contribution >= 0.6 is 0 Å². The maximum Gasteiger partial charge on any atom is 0.0731 e. The van der Waals surface area contributed by atoms with Crippen LogP contribution in [-0.2, 0) is 13.0 Å². The Hall–Kier alpha value is -1.77. The normalized spacial score (nSPS) is 17.8. The first-order valence-electron chi connectivity index (χ1n) is 6.64. The molecular weight excluding hydrogens is 222 g/mol. The maximum absolute atomic E-state index is 4.30. The zero-order valence-corrected chi connectivity index (χ0v) is 11.0. The third-order valence-corrected chi connectivity index (χ3v) is 3.68. The second kappa shape index (κ2) is 4.48. The van der Waals surface area contributed by atoms with Crippen LogP contribution in [0.5, 0.6) is 0 Å². The highest BCUT2D eigenvalue weighted by atomic mass is 15.3. The van der Waals surface area contributed by atoms with Gasteiger partial charge in [-0.1, -0.05) is 23.8 Å². The number of nitrogens with zero attached hydrogens (tertiary/aromatic N) is 2. The number of anilines is 1. The molecule has 0 amide bonds. The van der Waals surface area contributed by atoms with Crippen molar-refractivity contribution in [1.29, 1.82) is 0 Å². The second-order valence-corrected chi connectivity index (χ2v) is 5.02. The van der Waals surface area contributed by atoms with Crippen LogP contribution in [0.2, 0.25) is 0 Å². The first-order valence-corrected chi connectivity index (χ1v) is 6.64. The summed E-state index contributed by atoms with van der Waals surface area (Å²) in [5.74, 6) is 0. The molecular formula is C15H19N3. The van der Waals surface area contributed by atoms with Gasteiger partial charge in [0.15, 0.2) is 0 Å². The summed E-state index contributed by atoms with van der Waals surface area (Å²) in [6.07, 6.45) is 6.34. The summed E-state index contributed by atoms with van der Waals surface area (Å²) in [6.45, 7) is 5.18. The number of nitrogens with one attached hydrogen (secondary N) is 1. The van der Waals surface area contributed by atoms with Crippen molar-refractivity contribution < 1.29 is 0 Å². The van der Waals surface area contributed by atoms with Crippen molar-refractivity contribution in [2.45, 2.75) is 39.3 Å². The van der Waals surface area contributed by atoms with Gasteiger partial charge in [-0.2, -0.15) is 5.10 Å². The summed E-state index contributed by atoms with van der Waals surface area (Å²) in [7, 11) is 0. The van der Waals surface area contributed by atoms with E-state index >= 15 is 0 Å². The minimum Gasteiger partial charge on any atom is -0.376 e. The monoisotopic (exact) mass is 241 g/mol. The van der Waals surface area contributed by atoms with Crippen LogP contribution < -0.4 is 5.32 Å². The van der Waals surface area contributed by atoms with Crippen molar-refractivity contribution in [1.82, 2.24) is 9.78 Å². The Labute approximate surface area is 108 Å². The molecule has 2 aromatic rings. The molecule has 3 heteroatoms. The highest BCUT2D eigenvalue weighted by molar-refractivity contribution is 5.46. The Morgan fingerprint density at radius 3 is 3.11 bits per heavy atom. The summed E-state index contributed by atoms with van der Waals surface area (Å²) in [5, 5.41) is 7.90. The maximum atomic E-state index is 4.30. The summed E-state index contributed by atoms with van der Waals surface area (Å²) < 4.78 is 1.95. The van der Waals surface area contributed by atoms with Crippen molar-refractivity contribution >= 4 is 5.69 Å². The number of fused-ring (bicyclic) bond motifs is 1. The van der Waals surface area contributed by atoms with Crippen LogP contribution in [0.3, 0.4) is 0 Å². The number of aryl methyl sites for hydroxylation is 3. The standard InChI is InChI=1S/C15H19N3/c1-3-18-10-13(9-16-18)17-15-7-6-12-5-4-11(2)8-14(12)15/h4-5,8-10,15,17H,3,6-7H2,1-2H3. The lowest BCUT2D eigenvalue weighted by Gasteiger charge is -2.14. The lowest BCUT2D eigenvalue weighted by molar-refractivity contribution is 0.659. The molecule has 1 aromatic carbocycles. The van der Waals surface area contributed by atoms with E-state index in [1.54, 1.807) is 0 Å². The molecule has 1 aromatic heterocycles. The molecule has 0 bridgehead atoms. The quantitative estimate of drug-likeness (QED) is 0.893. The molecule has 0 saturated carbocycles. The summed E-state index contributed by atoms with van der Waals surface area (Å²) in [5.41, 5.74) is 5.41. The Morgan fingerprint density at radius 2 is 2.33 bits per heavy atom. The van der Waals surface area contributed by atoms with Gasteiger partial charge in [0.25, 0.3) is 0 Å². The van der Waals surface area contributed by atoms with Crippen LogP contribution in [-0.4, -0.2) is 9.78 Å². The Balaban J connectivity index is 1.81. The minimum atomic E-state index is 0.439. The smallest absolute Gasteiger partial charge is 0.0731 e. The molecule has 3 rings (SSSR count). The molecule has 1 aliphatic rings. The van der Waals surface area contributed by atoms with Crippen molar-refractivity contribution in [2.75, 3.05) is 5.32 Å². The van der Waals surface area contributed by atoms with Gasteiger partial charge in [0, 0.05) is 12.7 Å². The third-order valence-electron chi connectivity index (χ3n) is 3.68. The van der Waals surface area contributed by atoms with Crippen molar-refractivity contribution in [2.24, 2.45) is 0 Å². The molecule has 0 spiro atoms. The fourth-order valence-corrected chi connectivity index (χ4v) is 2.68. The Morgan fingerprint density at radius 1 is 1.44 bits per heavy atom. The number of rotatable bonds is 3. The molecule has 1 unspecified atom stereocenters. The summed E-state index contributed by atoms with van der Waals surface area (Å²) >= 11 is 0. The van der Waals surface area contributed by atoms with E-state index in [9.17, 15) is 0 Å². The zero-order chi connectivity index (χ0) is 12.5. The minimum absolute atomic E-state index is 0.439. The van der Waals surface area contributed by atoms with Crippen LogP contribution in [0.1, 0.15) is 36.1 Å². The van der Waals surface area contributed by atoms with Gasteiger partial charge in [0.2, 0.25) is 0 Å².